The number of nitrogen functional groups attached to an aromatic ring is 2. The second kappa shape index (κ2) is 17.1. The molecule has 4 rings (SSSR count). The first kappa shape index (κ1) is 37.1. The molecule has 0 atom stereocenters. The maximum Gasteiger partial charge on any atom is 0.308 e. The fourth-order valence-electron chi connectivity index (χ4n) is 5.98. The van der Waals surface area contributed by atoms with Gasteiger partial charge in [-0.2, -0.15) is 0 Å². The van der Waals surface area contributed by atoms with Gasteiger partial charge in [-0.1, -0.05) is 37.6 Å². The van der Waals surface area contributed by atoms with E-state index in [-0.39, 0.29) is 71.4 Å². The number of hydrogen-bond acceptors (Lipinski definition) is 10. The van der Waals surface area contributed by atoms with Crippen molar-refractivity contribution in [3.05, 3.63) is 52.3 Å². The standard InChI is InChI=1S/C34H45ClN8O6/c1-3-12-42(13-4-2)28(45)20-49-29(46)8-11-38-27(44)17-22-6-5-7-23(16-22)33(48)43-14-9-34(10-15-43)19-26(39-21-34)40-32(47)30-24(36)18-25(37)31(35)41-30/h5-7,16,18H,3-4,8-15,17,19-21,36-37H2,1-2H3,(H,38,44)(H,39,40,47). The average Bonchev–Trinajstić information content (AvgIpc) is 3.46. The lowest BCUT2D eigenvalue weighted by molar-refractivity contribution is -0.152. The van der Waals surface area contributed by atoms with Crippen molar-refractivity contribution in [2.24, 2.45) is 10.4 Å². The fourth-order valence-corrected chi connectivity index (χ4v) is 6.12. The molecule has 0 saturated carbocycles. The predicted molar refractivity (Wildman–Crippen MR) is 186 cm³/mol. The molecule has 2 aliphatic rings. The van der Waals surface area contributed by atoms with Gasteiger partial charge in [-0.15, -0.1) is 0 Å². The Bertz CT molecular complexity index is 1580. The molecule has 1 aromatic heterocycles. The van der Waals surface area contributed by atoms with Crippen LogP contribution in [0.4, 0.5) is 11.4 Å². The summed E-state index contributed by atoms with van der Waals surface area (Å²) in [6.45, 7) is 6.54. The third kappa shape index (κ3) is 10.1. The van der Waals surface area contributed by atoms with Crippen LogP contribution in [0.15, 0.2) is 35.3 Å². The second-order valence-corrected chi connectivity index (χ2v) is 12.9. The smallest absolute Gasteiger partial charge is 0.308 e. The molecule has 0 aliphatic carbocycles. The maximum absolute atomic E-state index is 13.4. The number of nitrogens with zero attached hydrogens (tertiary/aromatic N) is 4. The number of ether oxygens (including phenoxy) is 1. The summed E-state index contributed by atoms with van der Waals surface area (Å²) in [6, 6.07) is 8.34. The third-order valence-electron chi connectivity index (χ3n) is 8.65. The maximum atomic E-state index is 13.4. The molecule has 6 N–H and O–H groups in total. The van der Waals surface area contributed by atoms with Gasteiger partial charge in [0.25, 0.3) is 17.7 Å². The normalized spacial score (nSPS) is 15.0. The number of halogens is 1. The molecule has 4 amide bonds. The summed E-state index contributed by atoms with van der Waals surface area (Å²) in [5.74, 6) is -1.18. The van der Waals surface area contributed by atoms with Gasteiger partial charge in [0.1, 0.15) is 5.84 Å². The van der Waals surface area contributed by atoms with Gasteiger partial charge in [-0.05, 0) is 49.4 Å². The zero-order valence-corrected chi connectivity index (χ0v) is 28.8. The van der Waals surface area contributed by atoms with Crippen LogP contribution in [0, 0.1) is 5.41 Å². The van der Waals surface area contributed by atoms with Gasteiger partial charge in [0.2, 0.25) is 5.91 Å². The number of amidine groups is 1. The molecule has 1 aromatic carbocycles. The van der Waals surface area contributed by atoms with E-state index >= 15 is 0 Å². The van der Waals surface area contributed by atoms with Crippen LogP contribution in [0.5, 0.6) is 0 Å². The van der Waals surface area contributed by atoms with Crippen molar-refractivity contribution in [2.75, 3.05) is 57.3 Å². The Hall–Kier alpha value is -4.72. The summed E-state index contributed by atoms with van der Waals surface area (Å²) >= 11 is 5.97. The van der Waals surface area contributed by atoms with Gasteiger partial charge in [-0.3, -0.25) is 29.0 Å². The van der Waals surface area contributed by atoms with E-state index in [1.807, 2.05) is 13.8 Å². The van der Waals surface area contributed by atoms with Gasteiger partial charge in [0, 0.05) is 56.7 Å². The van der Waals surface area contributed by atoms with Crippen LogP contribution < -0.4 is 22.1 Å². The zero-order valence-electron chi connectivity index (χ0n) is 28.1. The molecule has 0 bridgehead atoms. The van der Waals surface area contributed by atoms with E-state index in [0.29, 0.717) is 68.9 Å². The minimum Gasteiger partial charge on any atom is -0.456 e. The molecule has 49 heavy (non-hydrogen) atoms. The second-order valence-electron chi connectivity index (χ2n) is 12.5. The number of aliphatic imine (C=N–C) groups is 1. The Morgan fingerprint density at radius 1 is 1.04 bits per heavy atom. The van der Waals surface area contributed by atoms with E-state index in [1.54, 1.807) is 34.1 Å². The van der Waals surface area contributed by atoms with E-state index in [9.17, 15) is 24.0 Å². The number of benzene rings is 1. The van der Waals surface area contributed by atoms with Crippen molar-refractivity contribution in [3.8, 4) is 0 Å². The number of likely N-dealkylation sites (tertiary alicyclic amines) is 1. The molecular weight excluding hydrogens is 652 g/mol. The zero-order chi connectivity index (χ0) is 35.6. The van der Waals surface area contributed by atoms with Crippen LogP contribution >= 0.6 is 11.6 Å². The number of aromatic nitrogens is 1. The predicted octanol–water partition coefficient (Wildman–Crippen LogP) is 2.59. The number of esters is 1. The number of piperidine rings is 1. The summed E-state index contributed by atoms with van der Waals surface area (Å²) in [4.78, 5) is 75.1. The van der Waals surface area contributed by atoms with Gasteiger partial charge in [-0.25, -0.2) is 4.98 Å². The molecule has 2 aliphatic heterocycles. The number of nitrogens with two attached hydrogens (primary N) is 2. The van der Waals surface area contributed by atoms with Crippen LogP contribution in [0.2, 0.25) is 5.15 Å². The highest BCUT2D eigenvalue weighted by molar-refractivity contribution is 6.32. The largest absolute Gasteiger partial charge is 0.456 e. The van der Waals surface area contributed by atoms with E-state index in [0.717, 1.165) is 12.8 Å². The lowest BCUT2D eigenvalue weighted by Gasteiger charge is -2.38. The van der Waals surface area contributed by atoms with Gasteiger partial charge < -0.3 is 36.6 Å². The van der Waals surface area contributed by atoms with Crippen LogP contribution in [0.3, 0.4) is 0 Å². The summed E-state index contributed by atoms with van der Waals surface area (Å²) in [7, 11) is 0. The Morgan fingerprint density at radius 3 is 2.45 bits per heavy atom. The fraction of sp³-hybridized carbons (Fsp3) is 0.500. The van der Waals surface area contributed by atoms with Crippen LogP contribution in [0.1, 0.15) is 78.8 Å². The Kier molecular flexibility index (Phi) is 12.9. The minimum absolute atomic E-state index is 0.00278. The highest BCUT2D eigenvalue weighted by Crippen LogP contribution is 2.39. The SMILES string of the molecule is CCCN(CCC)C(=O)COC(=O)CCNC(=O)Cc1cccc(C(=O)N2CCC3(CC2)CN=C(NC(=O)c2nc(Cl)c(N)cc2N)C3)c1. The number of carbonyl (C=O) groups excluding carboxylic acids is 5. The quantitative estimate of drug-likeness (QED) is 0.179. The number of nitrogens with one attached hydrogen (secondary N) is 2. The monoisotopic (exact) mass is 696 g/mol. The number of carbonyl (C=O) groups is 5. The Balaban J connectivity index is 1.19. The molecule has 3 heterocycles. The lowest BCUT2D eigenvalue weighted by Crippen LogP contribution is -2.44. The van der Waals surface area contributed by atoms with Crippen molar-refractivity contribution in [3.63, 3.8) is 0 Å². The molecule has 14 nitrogen and oxygen atoms in total. The molecule has 2 aromatic rings. The van der Waals surface area contributed by atoms with Crippen molar-refractivity contribution >= 4 is 58.4 Å². The number of anilines is 2. The Labute approximate surface area is 291 Å². The number of amides is 4. The third-order valence-corrected chi connectivity index (χ3v) is 8.95. The van der Waals surface area contributed by atoms with Crippen molar-refractivity contribution in [2.45, 2.75) is 58.8 Å². The summed E-state index contributed by atoms with van der Waals surface area (Å²) < 4.78 is 5.10. The lowest BCUT2D eigenvalue weighted by atomic mass is 9.77. The van der Waals surface area contributed by atoms with Crippen molar-refractivity contribution < 1.29 is 28.7 Å². The van der Waals surface area contributed by atoms with E-state index < -0.39 is 11.9 Å². The highest BCUT2D eigenvalue weighted by atomic mass is 35.5. The Morgan fingerprint density at radius 2 is 1.76 bits per heavy atom. The molecule has 1 fully saturated rings. The van der Waals surface area contributed by atoms with Crippen molar-refractivity contribution in [1.82, 2.24) is 25.4 Å². The van der Waals surface area contributed by atoms with Gasteiger partial charge in [0.15, 0.2) is 17.5 Å². The van der Waals surface area contributed by atoms with Crippen LogP contribution in [-0.2, 0) is 25.5 Å². The number of rotatable bonds is 13. The highest BCUT2D eigenvalue weighted by Gasteiger charge is 2.40. The van der Waals surface area contributed by atoms with E-state index in [4.69, 9.17) is 27.8 Å². The molecule has 15 heteroatoms. The molecule has 264 valence electrons. The van der Waals surface area contributed by atoms with E-state index in [2.05, 4.69) is 20.6 Å². The minimum atomic E-state index is -0.561. The van der Waals surface area contributed by atoms with Gasteiger partial charge >= 0.3 is 5.97 Å². The first-order chi connectivity index (χ1) is 23.4. The summed E-state index contributed by atoms with van der Waals surface area (Å²) in [5, 5.41) is 5.49. The van der Waals surface area contributed by atoms with Gasteiger partial charge in [0.05, 0.1) is 24.2 Å². The number of hydrogen-bond donors (Lipinski definition) is 4. The molecule has 0 radical (unpaired) electrons. The molecular formula is C34H45ClN8O6. The molecule has 1 saturated heterocycles. The molecule has 1 spiro atoms. The number of pyridine rings is 1. The summed E-state index contributed by atoms with van der Waals surface area (Å²) in [5.41, 5.74) is 12.9. The summed E-state index contributed by atoms with van der Waals surface area (Å²) in [6.07, 6.45) is 3.60. The topological polar surface area (TPSA) is 202 Å². The van der Waals surface area contributed by atoms with Crippen LogP contribution in [-0.4, -0.2) is 96.1 Å². The van der Waals surface area contributed by atoms with Crippen molar-refractivity contribution in [1.29, 1.82) is 0 Å². The first-order valence-electron chi connectivity index (χ1n) is 16.6. The van der Waals surface area contributed by atoms with E-state index in [1.165, 1.54) is 6.07 Å². The molecule has 0 unspecified atom stereocenters. The first-order valence-corrected chi connectivity index (χ1v) is 17.0. The average molecular weight is 697 g/mol. The van der Waals surface area contributed by atoms with Crippen LogP contribution in [0.25, 0.3) is 0 Å².